The zero-order chi connectivity index (χ0) is 11.1. The molecule has 0 heterocycles. The normalized spacial score (nSPS) is 10.6. The van der Waals surface area contributed by atoms with Crippen molar-refractivity contribution in [1.29, 1.82) is 0 Å². The van der Waals surface area contributed by atoms with Crippen LogP contribution in [-0.2, 0) is 6.42 Å². The van der Waals surface area contributed by atoms with Crippen molar-refractivity contribution < 1.29 is 0 Å². The average Bonchev–Trinajstić information content (AvgIpc) is 2.27. The van der Waals surface area contributed by atoms with Gasteiger partial charge in [-0.1, -0.05) is 36.9 Å². The van der Waals surface area contributed by atoms with Gasteiger partial charge in [-0.05, 0) is 24.6 Å². The summed E-state index contributed by atoms with van der Waals surface area (Å²) in [5.41, 5.74) is 2.45. The van der Waals surface area contributed by atoms with Crippen LogP contribution in [0, 0.1) is 0 Å². The number of alkyl halides is 1. The monoisotopic (exact) mass is 223 g/mol. The van der Waals surface area contributed by atoms with Crippen LogP contribution in [0.5, 0.6) is 0 Å². The van der Waals surface area contributed by atoms with Crippen LogP contribution < -0.4 is 0 Å². The second-order valence-electron chi connectivity index (χ2n) is 3.86. The quantitative estimate of drug-likeness (QED) is 0.530. The van der Waals surface area contributed by atoms with E-state index in [9.17, 15) is 0 Å². The molecule has 0 radical (unpaired) electrons. The first-order valence-corrected chi connectivity index (χ1v) is 5.71. The van der Waals surface area contributed by atoms with Crippen LogP contribution in [0.25, 0.3) is 0 Å². The molecule has 0 aliphatic rings. The molecule has 0 aromatic heterocycles. The van der Waals surface area contributed by atoms with E-state index in [-0.39, 0.29) is 0 Å². The molecule has 0 atom stereocenters. The molecule has 0 aliphatic carbocycles. The minimum absolute atomic E-state index is 0.551. The summed E-state index contributed by atoms with van der Waals surface area (Å²) < 4.78 is 0. The standard InChI is InChI=1S/C13H18ClN/c1-12(10-14)11-15(2)9-8-13-6-4-3-5-7-13/h3-7H,1,8-11H2,2H3. The summed E-state index contributed by atoms with van der Waals surface area (Å²) in [6, 6.07) is 10.5. The van der Waals surface area contributed by atoms with Crippen LogP contribution in [0.15, 0.2) is 42.5 Å². The Morgan fingerprint density at radius 2 is 2.00 bits per heavy atom. The number of halogens is 1. The summed E-state index contributed by atoms with van der Waals surface area (Å²) in [5, 5.41) is 0. The highest BCUT2D eigenvalue weighted by Gasteiger charge is 2.00. The maximum Gasteiger partial charge on any atom is 0.0443 e. The van der Waals surface area contributed by atoms with Gasteiger partial charge in [0.25, 0.3) is 0 Å². The van der Waals surface area contributed by atoms with Crippen molar-refractivity contribution in [3.8, 4) is 0 Å². The third-order valence-corrected chi connectivity index (χ3v) is 2.69. The smallest absolute Gasteiger partial charge is 0.0443 e. The van der Waals surface area contributed by atoms with Crippen molar-refractivity contribution in [1.82, 2.24) is 4.90 Å². The van der Waals surface area contributed by atoms with E-state index in [1.165, 1.54) is 5.56 Å². The summed E-state index contributed by atoms with van der Waals surface area (Å²) >= 11 is 5.69. The fourth-order valence-corrected chi connectivity index (χ4v) is 1.55. The van der Waals surface area contributed by atoms with Crippen molar-refractivity contribution in [2.75, 3.05) is 26.0 Å². The molecule has 0 bridgehead atoms. The van der Waals surface area contributed by atoms with Gasteiger partial charge < -0.3 is 4.90 Å². The Hall–Kier alpha value is -0.790. The Balaban J connectivity index is 2.28. The van der Waals surface area contributed by atoms with Crippen molar-refractivity contribution in [2.24, 2.45) is 0 Å². The lowest BCUT2D eigenvalue weighted by Gasteiger charge is -2.16. The van der Waals surface area contributed by atoms with Crippen LogP contribution in [0.4, 0.5) is 0 Å². The van der Waals surface area contributed by atoms with Gasteiger partial charge >= 0.3 is 0 Å². The maximum absolute atomic E-state index is 5.69. The number of nitrogens with zero attached hydrogens (tertiary/aromatic N) is 1. The van der Waals surface area contributed by atoms with E-state index < -0.39 is 0 Å². The van der Waals surface area contributed by atoms with E-state index in [0.717, 1.165) is 25.1 Å². The summed E-state index contributed by atoms with van der Waals surface area (Å²) in [5.74, 6) is 0.551. The lowest BCUT2D eigenvalue weighted by Crippen LogP contribution is -2.23. The molecular formula is C13H18ClN. The second-order valence-corrected chi connectivity index (χ2v) is 4.12. The van der Waals surface area contributed by atoms with E-state index in [2.05, 4.69) is 42.8 Å². The van der Waals surface area contributed by atoms with Crippen molar-refractivity contribution in [3.05, 3.63) is 48.0 Å². The van der Waals surface area contributed by atoms with E-state index in [0.29, 0.717) is 5.88 Å². The molecule has 1 aromatic rings. The van der Waals surface area contributed by atoms with Gasteiger partial charge in [0.05, 0.1) is 0 Å². The number of hydrogen-bond donors (Lipinski definition) is 0. The van der Waals surface area contributed by atoms with Crippen LogP contribution in [0.3, 0.4) is 0 Å². The van der Waals surface area contributed by atoms with Gasteiger partial charge in [-0.15, -0.1) is 11.6 Å². The van der Waals surface area contributed by atoms with Crippen LogP contribution in [0.1, 0.15) is 5.56 Å². The number of hydrogen-bond acceptors (Lipinski definition) is 1. The molecule has 1 aromatic carbocycles. The summed E-state index contributed by atoms with van der Waals surface area (Å²) in [6.07, 6.45) is 1.08. The topological polar surface area (TPSA) is 3.24 Å². The summed E-state index contributed by atoms with van der Waals surface area (Å²) in [6.45, 7) is 5.82. The SMILES string of the molecule is C=C(CCl)CN(C)CCc1ccccc1. The molecular weight excluding hydrogens is 206 g/mol. The first-order chi connectivity index (χ1) is 7.22. The van der Waals surface area contributed by atoms with Gasteiger partial charge in [0.2, 0.25) is 0 Å². The molecule has 1 nitrogen and oxygen atoms in total. The zero-order valence-corrected chi connectivity index (χ0v) is 10.0. The molecule has 0 N–H and O–H groups in total. The summed E-state index contributed by atoms with van der Waals surface area (Å²) in [4.78, 5) is 2.25. The molecule has 0 aliphatic heterocycles. The first kappa shape index (κ1) is 12.3. The molecule has 0 spiro atoms. The third kappa shape index (κ3) is 5.01. The van der Waals surface area contributed by atoms with Crippen molar-refractivity contribution in [3.63, 3.8) is 0 Å². The van der Waals surface area contributed by atoms with Crippen molar-refractivity contribution in [2.45, 2.75) is 6.42 Å². The summed E-state index contributed by atoms with van der Waals surface area (Å²) in [7, 11) is 2.10. The average molecular weight is 224 g/mol. The Morgan fingerprint density at radius 1 is 1.33 bits per heavy atom. The van der Waals surface area contributed by atoms with Crippen LogP contribution in [0.2, 0.25) is 0 Å². The van der Waals surface area contributed by atoms with Gasteiger partial charge in [0, 0.05) is 19.0 Å². The molecule has 1 rings (SSSR count). The number of rotatable bonds is 6. The molecule has 0 saturated carbocycles. The Kier molecular flexibility index (Phi) is 5.44. The molecule has 2 heteroatoms. The molecule has 15 heavy (non-hydrogen) atoms. The Bertz CT molecular complexity index is 295. The van der Waals surface area contributed by atoms with E-state index >= 15 is 0 Å². The lowest BCUT2D eigenvalue weighted by molar-refractivity contribution is 0.367. The second kappa shape index (κ2) is 6.65. The fraction of sp³-hybridized carbons (Fsp3) is 0.385. The van der Waals surface area contributed by atoms with Gasteiger partial charge in [-0.2, -0.15) is 0 Å². The van der Waals surface area contributed by atoms with E-state index in [4.69, 9.17) is 11.6 Å². The molecule has 0 saturated heterocycles. The highest BCUT2D eigenvalue weighted by Crippen LogP contribution is 2.02. The number of likely N-dealkylation sites (N-methyl/N-ethyl adjacent to an activating group) is 1. The molecule has 0 unspecified atom stereocenters. The predicted molar refractivity (Wildman–Crippen MR) is 67.5 cm³/mol. The van der Waals surface area contributed by atoms with Gasteiger partial charge in [-0.25, -0.2) is 0 Å². The van der Waals surface area contributed by atoms with Crippen molar-refractivity contribution >= 4 is 11.6 Å². The Labute approximate surface area is 97.4 Å². The first-order valence-electron chi connectivity index (χ1n) is 5.17. The zero-order valence-electron chi connectivity index (χ0n) is 9.25. The highest BCUT2D eigenvalue weighted by atomic mass is 35.5. The predicted octanol–water partition coefficient (Wildman–Crippen LogP) is 2.96. The van der Waals surface area contributed by atoms with Crippen LogP contribution in [-0.4, -0.2) is 30.9 Å². The van der Waals surface area contributed by atoms with Gasteiger partial charge in [0.15, 0.2) is 0 Å². The Morgan fingerprint density at radius 3 is 2.60 bits per heavy atom. The van der Waals surface area contributed by atoms with Crippen LogP contribution >= 0.6 is 11.6 Å². The van der Waals surface area contributed by atoms with E-state index in [1.807, 2.05) is 6.07 Å². The molecule has 0 fully saturated rings. The fourth-order valence-electron chi connectivity index (χ4n) is 1.47. The van der Waals surface area contributed by atoms with Gasteiger partial charge in [-0.3, -0.25) is 0 Å². The third-order valence-electron chi connectivity index (χ3n) is 2.31. The lowest BCUT2D eigenvalue weighted by atomic mass is 10.1. The largest absolute Gasteiger partial charge is 0.302 e. The van der Waals surface area contributed by atoms with E-state index in [1.54, 1.807) is 0 Å². The minimum Gasteiger partial charge on any atom is -0.302 e. The minimum atomic E-state index is 0.551. The molecule has 0 amide bonds. The highest BCUT2D eigenvalue weighted by molar-refractivity contribution is 6.19. The number of benzene rings is 1. The van der Waals surface area contributed by atoms with Gasteiger partial charge in [0.1, 0.15) is 0 Å². The molecule has 82 valence electrons. The maximum atomic E-state index is 5.69.